The van der Waals surface area contributed by atoms with Gasteiger partial charge in [-0.1, -0.05) is 19.1 Å². The lowest BCUT2D eigenvalue weighted by Gasteiger charge is -2.12. The molecule has 1 aromatic carbocycles. The number of halogens is 1. The summed E-state index contributed by atoms with van der Waals surface area (Å²) < 4.78 is 18.9. The summed E-state index contributed by atoms with van der Waals surface area (Å²) in [7, 11) is 0. The second kappa shape index (κ2) is 6.30. The molecule has 0 saturated carbocycles. The van der Waals surface area contributed by atoms with Gasteiger partial charge in [-0.15, -0.1) is 0 Å². The number of hydrogen-bond acceptors (Lipinski definition) is 4. The molecule has 0 aliphatic carbocycles. The monoisotopic (exact) mass is 289 g/mol. The summed E-state index contributed by atoms with van der Waals surface area (Å²) in [5.74, 6) is -0.547. The van der Waals surface area contributed by atoms with Crippen LogP contribution < -0.4 is 10.1 Å². The molecule has 0 saturated heterocycles. The number of rotatable bonds is 4. The molecule has 2 aromatic rings. The Hall–Kier alpha value is -2.50. The van der Waals surface area contributed by atoms with Crippen LogP contribution in [-0.2, 0) is 4.79 Å². The fraction of sp³-hybridized carbons (Fsp3) is 0.267. The van der Waals surface area contributed by atoms with Crippen LogP contribution in [-0.4, -0.2) is 15.9 Å². The minimum absolute atomic E-state index is 0.0459. The molecular formula is C15H16FN3O2. The maximum absolute atomic E-state index is 13.5. The summed E-state index contributed by atoms with van der Waals surface area (Å²) in [4.78, 5) is 19.7. The van der Waals surface area contributed by atoms with Crippen molar-refractivity contribution in [3.8, 4) is 11.8 Å². The first-order chi connectivity index (χ1) is 10.0. The molecule has 0 unspecified atom stereocenters. The van der Waals surface area contributed by atoms with E-state index in [0.717, 1.165) is 0 Å². The van der Waals surface area contributed by atoms with Crippen LogP contribution in [0.3, 0.4) is 0 Å². The first-order valence-corrected chi connectivity index (χ1v) is 6.58. The molecule has 21 heavy (non-hydrogen) atoms. The van der Waals surface area contributed by atoms with Gasteiger partial charge in [0.1, 0.15) is 0 Å². The Morgan fingerprint density at radius 3 is 2.43 bits per heavy atom. The number of carbonyl (C=O) groups is 1. The van der Waals surface area contributed by atoms with Gasteiger partial charge in [0.2, 0.25) is 5.91 Å². The molecule has 1 aromatic heterocycles. The largest absolute Gasteiger partial charge is 0.421 e. The predicted molar refractivity (Wildman–Crippen MR) is 76.9 cm³/mol. The SMILES string of the molecule is CCC(=O)Nc1c(C)nc(Oc2ccccc2F)nc1C. The van der Waals surface area contributed by atoms with Crippen molar-refractivity contribution in [1.29, 1.82) is 0 Å². The third-order valence-corrected chi connectivity index (χ3v) is 2.87. The van der Waals surface area contributed by atoms with E-state index in [1.54, 1.807) is 32.9 Å². The summed E-state index contributed by atoms with van der Waals surface area (Å²) in [6, 6.07) is 6.07. The van der Waals surface area contributed by atoms with Gasteiger partial charge >= 0.3 is 6.01 Å². The van der Waals surface area contributed by atoms with Crippen LogP contribution in [0, 0.1) is 19.7 Å². The molecule has 0 aliphatic rings. The van der Waals surface area contributed by atoms with Crippen LogP contribution >= 0.6 is 0 Å². The molecule has 0 aliphatic heterocycles. The van der Waals surface area contributed by atoms with Gasteiger partial charge in [0, 0.05) is 6.42 Å². The maximum atomic E-state index is 13.5. The van der Waals surface area contributed by atoms with Crippen molar-refractivity contribution >= 4 is 11.6 Å². The Morgan fingerprint density at radius 1 is 1.24 bits per heavy atom. The van der Waals surface area contributed by atoms with E-state index in [2.05, 4.69) is 15.3 Å². The van der Waals surface area contributed by atoms with Gasteiger partial charge in [0.15, 0.2) is 11.6 Å². The van der Waals surface area contributed by atoms with Crippen LogP contribution in [0.1, 0.15) is 24.7 Å². The summed E-state index contributed by atoms with van der Waals surface area (Å²) in [6.07, 6.45) is 0.367. The van der Waals surface area contributed by atoms with Crippen LogP contribution in [0.4, 0.5) is 10.1 Å². The average molecular weight is 289 g/mol. The molecule has 6 heteroatoms. The number of aryl methyl sites for hydroxylation is 2. The van der Waals surface area contributed by atoms with E-state index in [4.69, 9.17) is 4.74 Å². The van der Waals surface area contributed by atoms with E-state index < -0.39 is 5.82 Å². The van der Waals surface area contributed by atoms with E-state index in [9.17, 15) is 9.18 Å². The predicted octanol–water partition coefficient (Wildman–Crippen LogP) is 3.37. The van der Waals surface area contributed by atoms with Crippen LogP contribution in [0.5, 0.6) is 11.8 Å². The Labute approximate surface area is 122 Å². The number of aromatic nitrogens is 2. The topological polar surface area (TPSA) is 64.1 Å². The smallest absolute Gasteiger partial charge is 0.322 e. The number of nitrogens with zero attached hydrogens (tertiary/aromatic N) is 2. The molecule has 110 valence electrons. The number of para-hydroxylation sites is 1. The molecule has 0 atom stereocenters. The minimum Gasteiger partial charge on any atom is -0.421 e. The van der Waals surface area contributed by atoms with Gasteiger partial charge in [-0.25, -0.2) is 4.39 Å². The minimum atomic E-state index is -0.486. The Kier molecular flexibility index (Phi) is 4.47. The quantitative estimate of drug-likeness (QED) is 0.937. The third-order valence-electron chi connectivity index (χ3n) is 2.87. The third kappa shape index (κ3) is 3.53. The highest BCUT2D eigenvalue weighted by molar-refractivity contribution is 5.91. The summed E-state index contributed by atoms with van der Waals surface area (Å²) >= 11 is 0. The van der Waals surface area contributed by atoms with Crippen LogP contribution in [0.15, 0.2) is 24.3 Å². The first-order valence-electron chi connectivity index (χ1n) is 6.58. The lowest BCUT2D eigenvalue weighted by molar-refractivity contribution is -0.115. The second-order valence-corrected chi connectivity index (χ2v) is 4.49. The molecular weight excluding hydrogens is 273 g/mol. The number of nitrogens with one attached hydrogen (secondary N) is 1. The summed E-state index contributed by atoms with van der Waals surface area (Å²) in [6.45, 7) is 5.22. The van der Waals surface area contributed by atoms with E-state index in [0.29, 0.717) is 23.5 Å². The number of carbonyl (C=O) groups excluding carboxylic acids is 1. The van der Waals surface area contributed by atoms with Gasteiger partial charge < -0.3 is 10.1 Å². The standard InChI is InChI=1S/C15H16FN3O2/c1-4-13(20)19-14-9(2)17-15(18-10(14)3)21-12-8-6-5-7-11(12)16/h5-8H,4H2,1-3H3,(H,19,20). The number of ether oxygens (including phenoxy) is 1. The van der Waals surface area contributed by atoms with E-state index in [1.807, 2.05) is 0 Å². The molecule has 0 bridgehead atoms. The van der Waals surface area contributed by atoms with Crippen molar-refractivity contribution in [2.75, 3.05) is 5.32 Å². The van der Waals surface area contributed by atoms with Crippen molar-refractivity contribution in [1.82, 2.24) is 9.97 Å². The van der Waals surface area contributed by atoms with Crippen molar-refractivity contribution in [2.24, 2.45) is 0 Å². The molecule has 0 radical (unpaired) electrons. The van der Waals surface area contributed by atoms with E-state index in [1.165, 1.54) is 12.1 Å². The van der Waals surface area contributed by atoms with Crippen molar-refractivity contribution in [3.63, 3.8) is 0 Å². The van der Waals surface area contributed by atoms with Gasteiger partial charge in [-0.05, 0) is 26.0 Å². The zero-order valence-electron chi connectivity index (χ0n) is 12.1. The number of benzene rings is 1. The highest BCUT2D eigenvalue weighted by atomic mass is 19.1. The number of anilines is 1. The Balaban J connectivity index is 2.28. The highest BCUT2D eigenvalue weighted by Gasteiger charge is 2.13. The van der Waals surface area contributed by atoms with Gasteiger partial charge in [-0.3, -0.25) is 4.79 Å². The zero-order chi connectivity index (χ0) is 15.4. The first kappa shape index (κ1) is 14.9. The summed E-state index contributed by atoms with van der Waals surface area (Å²) in [5, 5.41) is 2.74. The average Bonchev–Trinajstić information content (AvgIpc) is 2.45. The van der Waals surface area contributed by atoms with Crippen LogP contribution in [0.25, 0.3) is 0 Å². The molecule has 0 fully saturated rings. The lowest BCUT2D eigenvalue weighted by Crippen LogP contribution is -2.13. The van der Waals surface area contributed by atoms with Crippen molar-refractivity contribution < 1.29 is 13.9 Å². The molecule has 1 heterocycles. The van der Waals surface area contributed by atoms with Gasteiger partial charge in [0.25, 0.3) is 0 Å². The highest BCUT2D eigenvalue weighted by Crippen LogP contribution is 2.25. The fourth-order valence-corrected chi connectivity index (χ4v) is 1.77. The Bertz CT molecular complexity index is 651. The Morgan fingerprint density at radius 2 is 1.86 bits per heavy atom. The van der Waals surface area contributed by atoms with Gasteiger partial charge in [-0.2, -0.15) is 9.97 Å². The molecule has 1 amide bonds. The summed E-state index contributed by atoms with van der Waals surface area (Å²) in [5.41, 5.74) is 1.69. The molecule has 0 spiro atoms. The molecule has 5 nitrogen and oxygen atoms in total. The number of hydrogen-bond donors (Lipinski definition) is 1. The van der Waals surface area contributed by atoms with Crippen LogP contribution in [0.2, 0.25) is 0 Å². The van der Waals surface area contributed by atoms with Gasteiger partial charge in [0.05, 0.1) is 17.1 Å². The van der Waals surface area contributed by atoms with E-state index in [-0.39, 0.29) is 17.7 Å². The van der Waals surface area contributed by atoms with E-state index >= 15 is 0 Å². The second-order valence-electron chi connectivity index (χ2n) is 4.49. The normalized spacial score (nSPS) is 10.3. The van der Waals surface area contributed by atoms with Crippen molar-refractivity contribution in [2.45, 2.75) is 27.2 Å². The maximum Gasteiger partial charge on any atom is 0.322 e. The van der Waals surface area contributed by atoms with Crippen molar-refractivity contribution in [3.05, 3.63) is 41.5 Å². The molecule has 1 N–H and O–H groups in total. The fourth-order valence-electron chi connectivity index (χ4n) is 1.77. The zero-order valence-corrected chi connectivity index (χ0v) is 12.1. The lowest BCUT2D eigenvalue weighted by atomic mass is 10.2. The number of amides is 1. The molecule has 2 rings (SSSR count).